The second-order valence-corrected chi connectivity index (χ2v) is 3.85. The van der Waals surface area contributed by atoms with E-state index in [1.807, 2.05) is 6.92 Å². The Balaban J connectivity index is 4.06. The minimum Gasteiger partial charge on any atom is -0.211 e. The summed E-state index contributed by atoms with van der Waals surface area (Å²) in [7, 11) is 0. The molecule has 1 atom stereocenters. The van der Waals surface area contributed by atoms with Crippen molar-refractivity contribution in [2.45, 2.75) is 52.0 Å². The molecule has 0 saturated heterocycles. The summed E-state index contributed by atoms with van der Waals surface area (Å²) >= 11 is 0. The second-order valence-electron chi connectivity index (χ2n) is 3.85. The lowest BCUT2D eigenvalue weighted by Gasteiger charge is -2.11. The Morgan fingerprint density at radius 3 is 2.59 bits per heavy atom. The van der Waals surface area contributed by atoms with E-state index in [0.29, 0.717) is 6.54 Å². The van der Waals surface area contributed by atoms with Gasteiger partial charge in [0.25, 0.3) is 0 Å². The smallest absolute Gasteiger partial charge is 0.211 e. The second kappa shape index (κ2) is 11.0. The first kappa shape index (κ1) is 15.5. The van der Waals surface area contributed by atoms with E-state index in [0.717, 1.165) is 32.1 Å². The van der Waals surface area contributed by atoms with Crippen molar-refractivity contribution in [1.29, 1.82) is 0 Å². The average Bonchev–Trinajstić information content (AvgIpc) is 2.35. The van der Waals surface area contributed by atoms with Crippen molar-refractivity contribution in [2.24, 2.45) is 9.98 Å². The molecule has 0 aliphatic carbocycles. The summed E-state index contributed by atoms with van der Waals surface area (Å²) in [6.45, 7) is 4.60. The van der Waals surface area contributed by atoms with E-state index in [1.165, 1.54) is 11.7 Å². The molecule has 17 heavy (non-hydrogen) atoms. The molecule has 0 heterocycles. The Kier molecular flexibility index (Phi) is 10.0. The van der Waals surface area contributed by atoms with Crippen molar-refractivity contribution in [2.75, 3.05) is 6.54 Å². The predicted molar refractivity (Wildman–Crippen MR) is 67.4 cm³/mol. The zero-order chi connectivity index (χ0) is 12.9. The summed E-state index contributed by atoms with van der Waals surface area (Å²) in [6, 6.07) is 0.0128. The topological polar surface area (TPSA) is 58.9 Å². The minimum absolute atomic E-state index is 0.0128. The summed E-state index contributed by atoms with van der Waals surface area (Å²) in [4.78, 5) is 27.5. The van der Waals surface area contributed by atoms with Gasteiger partial charge in [0.1, 0.15) is 0 Å². The van der Waals surface area contributed by atoms with E-state index in [4.69, 9.17) is 0 Å². The molecule has 4 nitrogen and oxygen atoms in total. The van der Waals surface area contributed by atoms with Gasteiger partial charge in [-0.25, -0.2) is 19.6 Å². The van der Waals surface area contributed by atoms with Crippen LogP contribution in [0.15, 0.2) is 21.6 Å². The van der Waals surface area contributed by atoms with Crippen molar-refractivity contribution in [3.63, 3.8) is 0 Å². The van der Waals surface area contributed by atoms with Gasteiger partial charge in [-0.1, -0.05) is 18.6 Å². The molecule has 0 N–H and O–H groups in total. The lowest BCUT2D eigenvalue weighted by atomic mass is 10.00. The van der Waals surface area contributed by atoms with E-state index >= 15 is 0 Å². The Hall–Kier alpha value is -1.50. The molecule has 0 rings (SSSR count). The SMILES string of the molecule is CC=C(CC)CC(CCCCN=C=O)N=C=O. The summed E-state index contributed by atoms with van der Waals surface area (Å²) in [6.07, 6.45) is 9.59. The number of unbranched alkanes of at least 4 members (excludes halogenated alkanes) is 1. The number of aliphatic imine (C=N–C) groups is 2. The monoisotopic (exact) mass is 236 g/mol. The van der Waals surface area contributed by atoms with Gasteiger partial charge >= 0.3 is 0 Å². The fourth-order valence-electron chi connectivity index (χ4n) is 1.67. The molecular weight excluding hydrogens is 216 g/mol. The molecule has 0 aromatic carbocycles. The van der Waals surface area contributed by atoms with Crippen LogP contribution in [0.4, 0.5) is 0 Å². The van der Waals surface area contributed by atoms with Gasteiger partial charge in [0.05, 0.1) is 12.6 Å². The highest BCUT2D eigenvalue weighted by Gasteiger charge is 2.08. The first-order valence-electron chi connectivity index (χ1n) is 6.03. The first-order valence-corrected chi connectivity index (χ1v) is 6.03. The van der Waals surface area contributed by atoms with Crippen LogP contribution in [0.25, 0.3) is 0 Å². The fraction of sp³-hybridized carbons (Fsp3) is 0.692. The van der Waals surface area contributed by atoms with Gasteiger partial charge in [0.15, 0.2) is 0 Å². The van der Waals surface area contributed by atoms with Crippen molar-refractivity contribution >= 4 is 12.2 Å². The molecule has 0 saturated carbocycles. The van der Waals surface area contributed by atoms with Gasteiger partial charge in [-0.2, -0.15) is 0 Å². The van der Waals surface area contributed by atoms with Gasteiger partial charge in [-0.15, -0.1) is 0 Å². The molecule has 0 radical (unpaired) electrons. The van der Waals surface area contributed by atoms with E-state index in [1.54, 1.807) is 6.08 Å². The van der Waals surface area contributed by atoms with Gasteiger partial charge in [0, 0.05) is 0 Å². The van der Waals surface area contributed by atoms with E-state index in [9.17, 15) is 9.59 Å². The van der Waals surface area contributed by atoms with Gasteiger partial charge in [-0.3, -0.25) is 0 Å². The number of nitrogens with zero attached hydrogens (tertiary/aromatic N) is 2. The van der Waals surface area contributed by atoms with Crippen LogP contribution in [-0.4, -0.2) is 24.7 Å². The molecule has 0 aliphatic rings. The van der Waals surface area contributed by atoms with Crippen LogP contribution in [0.5, 0.6) is 0 Å². The minimum atomic E-state index is 0.0128. The van der Waals surface area contributed by atoms with E-state index in [-0.39, 0.29) is 6.04 Å². The molecule has 94 valence electrons. The zero-order valence-electron chi connectivity index (χ0n) is 10.6. The quantitative estimate of drug-likeness (QED) is 0.267. The maximum absolute atomic E-state index is 10.3. The number of carbonyl (C=O) groups excluding carboxylic acids is 2. The number of hydrogen-bond donors (Lipinski definition) is 0. The molecule has 0 aromatic heterocycles. The van der Waals surface area contributed by atoms with E-state index in [2.05, 4.69) is 23.0 Å². The number of hydrogen-bond acceptors (Lipinski definition) is 4. The van der Waals surface area contributed by atoms with Gasteiger partial charge in [-0.05, 0) is 39.0 Å². The first-order chi connectivity index (χ1) is 8.28. The predicted octanol–water partition coefficient (Wildman–Crippen LogP) is 2.94. The summed E-state index contributed by atoms with van der Waals surface area (Å²) < 4.78 is 0. The molecular formula is C13H20N2O2. The Morgan fingerprint density at radius 2 is 2.06 bits per heavy atom. The zero-order valence-corrected chi connectivity index (χ0v) is 10.6. The van der Waals surface area contributed by atoms with Crippen LogP contribution in [0.3, 0.4) is 0 Å². The maximum atomic E-state index is 10.3. The van der Waals surface area contributed by atoms with Crippen molar-refractivity contribution < 1.29 is 9.59 Å². The number of isocyanates is 2. The van der Waals surface area contributed by atoms with Gasteiger partial charge in [0.2, 0.25) is 12.2 Å². The Bertz CT molecular complexity index is 324. The third-order valence-corrected chi connectivity index (χ3v) is 2.72. The third kappa shape index (κ3) is 8.32. The standard InChI is InChI=1S/C13H20N2O2/c1-3-12(4-2)9-13(15-11-17)7-5-6-8-14-10-16/h3,13H,4-9H2,1-2H3. The molecule has 0 spiro atoms. The molecule has 0 aliphatic heterocycles. The normalized spacial score (nSPS) is 12.5. The molecule has 0 aromatic rings. The average molecular weight is 236 g/mol. The number of allylic oxidation sites excluding steroid dienone is 1. The maximum Gasteiger partial charge on any atom is 0.235 e. The lowest BCUT2D eigenvalue weighted by molar-refractivity contribution is 0.532. The molecule has 0 amide bonds. The van der Waals surface area contributed by atoms with Crippen LogP contribution < -0.4 is 0 Å². The highest BCUT2D eigenvalue weighted by atomic mass is 16.1. The Labute approximate surface area is 103 Å². The van der Waals surface area contributed by atoms with Gasteiger partial charge < -0.3 is 0 Å². The van der Waals surface area contributed by atoms with Crippen LogP contribution in [-0.2, 0) is 9.59 Å². The molecule has 1 unspecified atom stereocenters. The Morgan fingerprint density at radius 1 is 1.29 bits per heavy atom. The molecule has 0 bridgehead atoms. The fourth-order valence-corrected chi connectivity index (χ4v) is 1.67. The van der Waals surface area contributed by atoms with Crippen LogP contribution in [0.2, 0.25) is 0 Å². The highest BCUT2D eigenvalue weighted by Crippen LogP contribution is 2.16. The largest absolute Gasteiger partial charge is 0.235 e. The summed E-state index contributed by atoms with van der Waals surface area (Å²) in [5.41, 5.74) is 1.31. The summed E-state index contributed by atoms with van der Waals surface area (Å²) in [5.74, 6) is 0. The molecule has 4 heteroatoms. The third-order valence-electron chi connectivity index (χ3n) is 2.72. The van der Waals surface area contributed by atoms with Crippen molar-refractivity contribution in [3.8, 4) is 0 Å². The highest BCUT2D eigenvalue weighted by molar-refractivity contribution is 5.34. The van der Waals surface area contributed by atoms with Crippen LogP contribution >= 0.6 is 0 Å². The summed E-state index contributed by atoms with van der Waals surface area (Å²) in [5, 5.41) is 0. The van der Waals surface area contributed by atoms with Crippen molar-refractivity contribution in [3.05, 3.63) is 11.6 Å². The molecule has 0 fully saturated rings. The van der Waals surface area contributed by atoms with Crippen molar-refractivity contribution in [1.82, 2.24) is 0 Å². The van der Waals surface area contributed by atoms with Crippen LogP contribution in [0, 0.1) is 0 Å². The van der Waals surface area contributed by atoms with E-state index < -0.39 is 0 Å². The van der Waals surface area contributed by atoms with Crippen LogP contribution in [0.1, 0.15) is 46.0 Å². The number of rotatable bonds is 9. The lowest BCUT2D eigenvalue weighted by Crippen LogP contribution is -2.06.